The molecule has 1 atom stereocenters. The largest absolute Gasteiger partial charge is 0.103 e. The van der Waals surface area contributed by atoms with Crippen molar-refractivity contribution in [2.75, 3.05) is 0 Å². The fourth-order valence-electron chi connectivity index (χ4n) is 1.34. The number of allylic oxidation sites excluding steroid dienone is 9. The lowest BCUT2D eigenvalue weighted by Crippen LogP contribution is -1.95. The minimum Gasteiger partial charge on any atom is -0.103 e. The zero-order chi connectivity index (χ0) is 15.1. The summed E-state index contributed by atoms with van der Waals surface area (Å²) in [5, 5.41) is 0. The second-order valence-electron chi connectivity index (χ2n) is 4.57. The highest BCUT2D eigenvalue weighted by Crippen LogP contribution is 2.17. The summed E-state index contributed by atoms with van der Waals surface area (Å²) in [6.45, 7) is 19.5. The Morgan fingerprint density at radius 2 is 1.68 bits per heavy atom. The molecule has 0 saturated heterocycles. The topological polar surface area (TPSA) is 0 Å². The summed E-state index contributed by atoms with van der Waals surface area (Å²) in [5.74, 6) is 0.481. The van der Waals surface area contributed by atoms with E-state index < -0.39 is 0 Å². The molecule has 0 amide bonds. The van der Waals surface area contributed by atoms with Gasteiger partial charge in [-0.2, -0.15) is 0 Å². The van der Waals surface area contributed by atoms with Gasteiger partial charge in [0.1, 0.15) is 0 Å². The molecule has 0 saturated carbocycles. The highest BCUT2D eigenvalue weighted by molar-refractivity contribution is 5.23. The molecular weight excluding hydrogens is 228 g/mol. The molecular formula is C19H30. The molecule has 0 heterocycles. The van der Waals surface area contributed by atoms with Crippen molar-refractivity contribution in [2.24, 2.45) is 5.92 Å². The van der Waals surface area contributed by atoms with Crippen molar-refractivity contribution >= 4 is 0 Å². The van der Waals surface area contributed by atoms with Crippen LogP contribution in [0.3, 0.4) is 0 Å². The molecule has 0 bridgehead atoms. The Bertz CT molecular complexity index is 333. The zero-order valence-electron chi connectivity index (χ0n) is 13.2. The number of hydrogen-bond donors (Lipinski definition) is 0. The van der Waals surface area contributed by atoms with Crippen LogP contribution in [0.15, 0.2) is 73.4 Å². The first-order valence-electron chi connectivity index (χ1n) is 6.82. The van der Waals surface area contributed by atoms with Gasteiger partial charge in [-0.05, 0) is 52.0 Å². The molecule has 0 aliphatic carbocycles. The molecule has 1 unspecified atom stereocenters. The third kappa shape index (κ3) is 14.4. The average molecular weight is 258 g/mol. The molecule has 0 aromatic heterocycles. The Morgan fingerprint density at radius 1 is 1.11 bits per heavy atom. The van der Waals surface area contributed by atoms with E-state index in [1.807, 2.05) is 44.2 Å². The third-order valence-electron chi connectivity index (χ3n) is 2.59. The maximum Gasteiger partial charge on any atom is -0.0161 e. The summed E-state index contributed by atoms with van der Waals surface area (Å²) < 4.78 is 0. The molecule has 0 heteroatoms. The summed E-state index contributed by atoms with van der Waals surface area (Å²) in [6.07, 6.45) is 16.0. The summed E-state index contributed by atoms with van der Waals surface area (Å²) in [7, 11) is 0. The molecule has 0 rings (SSSR count). The maximum absolute atomic E-state index is 3.83. The molecule has 106 valence electrons. The first-order valence-corrected chi connectivity index (χ1v) is 6.82. The molecule has 0 aliphatic heterocycles. The molecule has 19 heavy (non-hydrogen) atoms. The predicted molar refractivity (Wildman–Crippen MR) is 91.3 cm³/mol. The number of hydrogen-bond acceptors (Lipinski definition) is 0. The SMILES string of the molecule is C=C/C=C(\C=C/C)CC(C=C)CC=C.CC=C(C)C. The van der Waals surface area contributed by atoms with Gasteiger partial charge in [0.2, 0.25) is 0 Å². The van der Waals surface area contributed by atoms with Crippen LogP contribution in [0.1, 0.15) is 40.5 Å². The second-order valence-corrected chi connectivity index (χ2v) is 4.57. The van der Waals surface area contributed by atoms with E-state index in [1.54, 1.807) is 0 Å². The normalized spacial score (nSPS) is 12.1. The minimum absolute atomic E-state index is 0.481. The van der Waals surface area contributed by atoms with Crippen LogP contribution >= 0.6 is 0 Å². The minimum atomic E-state index is 0.481. The van der Waals surface area contributed by atoms with Crippen LogP contribution in [-0.2, 0) is 0 Å². The van der Waals surface area contributed by atoms with E-state index in [0.29, 0.717) is 5.92 Å². The van der Waals surface area contributed by atoms with Gasteiger partial charge in [0.05, 0.1) is 0 Å². The van der Waals surface area contributed by atoms with Gasteiger partial charge in [0.25, 0.3) is 0 Å². The first-order chi connectivity index (χ1) is 9.05. The number of rotatable bonds is 7. The first kappa shape index (κ1) is 19.8. The van der Waals surface area contributed by atoms with E-state index >= 15 is 0 Å². The van der Waals surface area contributed by atoms with Gasteiger partial charge in [0, 0.05) is 0 Å². The van der Waals surface area contributed by atoms with Crippen molar-refractivity contribution in [1.29, 1.82) is 0 Å². The molecule has 0 radical (unpaired) electrons. The summed E-state index contributed by atoms with van der Waals surface area (Å²) in [4.78, 5) is 0. The van der Waals surface area contributed by atoms with E-state index in [4.69, 9.17) is 0 Å². The highest BCUT2D eigenvalue weighted by Gasteiger charge is 2.02. The average Bonchev–Trinajstić information content (AvgIpc) is 2.39. The molecule has 0 aromatic rings. The van der Waals surface area contributed by atoms with E-state index in [9.17, 15) is 0 Å². The standard InChI is InChI=1S/C14H20.C5H10/c1-5-9-13(8-4)12-14(10-6-2)11-7-3;1-4-5(2)3/h5-8,10-11,13H,1-2,4,9,12H2,3H3;4H,1-3H3/b11-7-,14-10+;. The molecule has 0 aliphatic rings. The van der Waals surface area contributed by atoms with Crippen molar-refractivity contribution in [2.45, 2.75) is 40.5 Å². The summed E-state index contributed by atoms with van der Waals surface area (Å²) in [5.41, 5.74) is 2.67. The van der Waals surface area contributed by atoms with Crippen molar-refractivity contribution in [3.8, 4) is 0 Å². The van der Waals surface area contributed by atoms with Gasteiger partial charge in [-0.25, -0.2) is 0 Å². The van der Waals surface area contributed by atoms with Crippen LogP contribution in [0.5, 0.6) is 0 Å². The van der Waals surface area contributed by atoms with Crippen LogP contribution in [0.4, 0.5) is 0 Å². The van der Waals surface area contributed by atoms with Crippen LogP contribution in [-0.4, -0.2) is 0 Å². The highest BCUT2D eigenvalue weighted by atomic mass is 14.1. The lowest BCUT2D eigenvalue weighted by atomic mass is 9.95. The van der Waals surface area contributed by atoms with Crippen molar-refractivity contribution < 1.29 is 0 Å². The van der Waals surface area contributed by atoms with E-state index in [0.717, 1.165) is 12.8 Å². The molecule has 0 spiro atoms. The Labute approximate surface area is 120 Å². The smallest absolute Gasteiger partial charge is 0.0161 e. The van der Waals surface area contributed by atoms with Gasteiger partial charge in [-0.1, -0.05) is 54.7 Å². The Balaban J connectivity index is 0. The third-order valence-corrected chi connectivity index (χ3v) is 2.59. The van der Waals surface area contributed by atoms with Gasteiger partial charge >= 0.3 is 0 Å². The summed E-state index contributed by atoms with van der Waals surface area (Å²) >= 11 is 0. The van der Waals surface area contributed by atoms with Crippen molar-refractivity contribution in [3.05, 3.63) is 73.4 Å². The van der Waals surface area contributed by atoms with Gasteiger partial charge in [0.15, 0.2) is 0 Å². The fraction of sp³-hybridized carbons (Fsp3) is 0.368. The maximum atomic E-state index is 3.83. The predicted octanol–water partition coefficient (Wildman–Crippen LogP) is 6.42. The molecule has 0 nitrogen and oxygen atoms in total. The van der Waals surface area contributed by atoms with Gasteiger partial charge in [-0.3, -0.25) is 0 Å². The fourth-order valence-corrected chi connectivity index (χ4v) is 1.34. The van der Waals surface area contributed by atoms with Crippen LogP contribution < -0.4 is 0 Å². The van der Waals surface area contributed by atoms with Crippen molar-refractivity contribution in [3.63, 3.8) is 0 Å². The quantitative estimate of drug-likeness (QED) is 0.365. The molecule has 0 fully saturated rings. The second kappa shape index (κ2) is 14.5. The Hall–Kier alpha value is -1.56. The lowest BCUT2D eigenvalue weighted by Gasteiger charge is -2.10. The van der Waals surface area contributed by atoms with Crippen LogP contribution in [0.2, 0.25) is 0 Å². The van der Waals surface area contributed by atoms with Crippen LogP contribution in [0.25, 0.3) is 0 Å². The van der Waals surface area contributed by atoms with Gasteiger partial charge < -0.3 is 0 Å². The van der Waals surface area contributed by atoms with E-state index in [1.165, 1.54) is 11.1 Å². The molecule has 0 aromatic carbocycles. The molecule has 0 N–H and O–H groups in total. The monoisotopic (exact) mass is 258 g/mol. The van der Waals surface area contributed by atoms with Gasteiger partial charge in [-0.15, -0.1) is 13.2 Å². The summed E-state index contributed by atoms with van der Waals surface area (Å²) in [6, 6.07) is 0. The van der Waals surface area contributed by atoms with E-state index in [2.05, 4.69) is 45.7 Å². The van der Waals surface area contributed by atoms with Crippen LogP contribution in [0, 0.1) is 5.92 Å². The Morgan fingerprint density at radius 3 is 2.00 bits per heavy atom. The van der Waals surface area contributed by atoms with E-state index in [-0.39, 0.29) is 0 Å². The Kier molecular flexibility index (Phi) is 15.1. The van der Waals surface area contributed by atoms with Crippen molar-refractivity contribution in [1.82, 2.24) is 0 Å². The lowest BCUT2D eigenvalue weighted by molar-refractivity contribution is 0.664. The zero-order valence-corrected chi connectivity index (χ0v) is 13.2.